The summed E-state index contributed by atoms with van der Waals surface area (Å²) in [7, 11) is 0. The predicted octanol–water partition coefficient (Wildman–Crippen LogP) is 4.97. The Bertz CT molecular complexity index is 630. The maximum absolute atomic E-state index is 14.1. The lowest BCUT2D eigenvalue weighted by Gasteiger charge is -2.11. The van der Waals surface area contributed by atoms with Gasteiger partial charge in [0.1, 0.15) is 5.75 Å². The lowest BCUT2D eigenvalue weighted by atomic mass is 10.0. The predicted molar refractivity (Wildman–Crippen MR) is 87.3 cm³/mol. The van der Waals surface area contributed by atoms with Crippen molar-refractivity contribution < 1.29 is 9.13 Å². The van der Waals surface area contributed by atoms with Crippen molar-refractivity contribution in [3.63, 3.8) is 0 Å². The molecule has 2 N–H and O–H groups in total. The number of nitrogens with two attached hydrogens (primary N) is 1. The van der Waals surface area contributed by atoms with Crippen molar-refractivity contribution in [2.45, 2.75) is 32.7 Å². The highest BCUT2D eigenvalue weighted by Gasteiger charge is 2.09. The van der Waals surface area contributed by atoms with Gasteiger partial charge in [0.15, 0.2) is 11.6 Å². The Morgan fingerprint density at radius 2 is 2.00 bits per heavy atom. The molecule has 0 saturated heterocycles. The Morgan fingerprint density at radius 3 is 2.62 bits per heavy atom. The van der Waals surface area contributed by atoms with Crippen LogP contribution in [0.25, 0.3) is 0 Å². The summed E-state index contributed by atoms with van der Waals surface area (Å²) in [6.07, 6.45) is 1.54. The zero-order chi connectivity index (χ0) is 15.4. The topological polar surface area (TPSA) is 35.2 Å². The van der Waals surface area contributed by atoms with E-state index in [1.807, 2.05) is 32.0 Å². The Kier molecular flexibility index (Phi) is 5.37. The van der Waals surface area contributed by atoms with Crippen LogP contribution in [0, 0.1) is 12.7 Å². The van der Waals surface area contributed by atoms with Gasteiger partial charge in [-0.15, -0.1) is 0 Å². The summed E-state index contributed by atoms with van der Waals surface area (Å²) in [5, 5.41) is 0. The first-order valence-electron chi connectivity index (χ1n) is 6.97. The van der Waals surface area contributed by atoms with Gasteiger partial charge in [0.05, 0.1) is 0 Å². The highest BCUT2D eigenvalue weighted by atomic mass is 79.9. The molecule has 0 aliphatic rings. The molecule has 4 heteroatoms. The van der Waals surface area contributed by atoms with Crippen molar-refractivity contribution in [1.82, 2.24) is 0 Å². The molecule has 0 saturated carbocycles. The van der Waals surface area contributed by atoms with Crippen LogP contribution in [-0.2, 0) is 6.42 Å². The minimum Gasteiger partial charge on any atom is -0.454 e. The number of hydrogen-bond donors (Lipinski definition) is 1. The van der Waals surface area contributed by atoms with Gasteiger partial charge in [0, 0.05) is 10.5 Å². The van der Waals surface area contributed by atoms with Gasteiger partial charge in [-0.2, -0.15) is 0 Å². The van der Waals surface area contributed by atoms with E-state index in [-0.39, 0.29) is 17.6 Å². The first-order valence-corrected chi connectivity index (χ1v) is 7.77. The summed E-state index contributed by atoms with van der Waals surface area (Å²) in [5.41, 5.74) is 7.82. The van der Waals surface area contributed by atoms with E-state index >= 15 is 0 Å². The van der Waals surface area contributed by atoms with Gasteiger partial charge in [0.2, 0.25) is 0 Å². The summed E-state index contributed by atoms with van der Waals surface area (Å²) in [6, 6.07) is 10.6. The van der Waals surface area contributed by atoms with E-state index in [2.05, 4.69) is 15.9 Å². The Balaban J connectivity index is 2.15. The van der Waals surface area contributed by atoms with E-state index in [4.69, 9.17) is 10.5 Å². The maximum Gasteiger partial charge on any atom is 0.165 e. The Morgan fingerprint density at radius 1 is 1.24 bits per heavy atom. The quantitative estimate of drug-likeness (QED) is 0.825. The third-order valence-electron chi connectivity index (χ3n) is 3.38. The van der Waals surface area contributed by atoms with E-state index in [0.29, 0.717) is 12.2 Å². The number of halogens is 2. The SMILES string of the molecule is CCC(N)Cc1ccc(Oc2ccc(Br)c(C)c2)c(F)c1. The highest BCUT2D eigenvalue weighted by molar-refractivity contribution is 9.10. The van der Waals surface area contributed by atoms with Gasteiger partial charge in [-0.1, -0.05) is 28.9 Å². The molecule has 0 spiro atoms. The number of benzene rings is 2. The number of hydrogen-bond acceptors (Lipinski definition) is 2. The molecule has 112 valence electrons. The molecule has 2 nitrogen and oxygen atoms in total. The second-order valence-corrected chi connectivity index (χ2v) is 6.00. The van der Waals surface area contributed by atoms with Crippen LogP contribution in [0.1, 0.15) is 24.5 Å². The van der Waals surface area contributed by atoms with Crippen molar-refractivity contribution in [3.05, 3.63) is 57.8 Å². The van der Waals surface area contributed by atoms with E-state index in [1.54, 1.807) is 12.1 Å². The zero-order valence-corrected chi connectivity index (χ0v) is 13.8. The van der Waals surface area contributed by atoms with Crippen LogP contribution in [0.3, 0.4) is 0 Å². The van der Waals surface area contributed by atoms with Gasteiger partial charge in [-0.25, -0.2) is 4.39 Å². The molecule has 0 aliphatic carbocycles. The molecule has 2 aromatic carbocycles. The molecule has 0 amide bonds. The third-order valence-corrected chi connectivity index (χ3v) is 4.27. The lowest BCUT2D eigenvalue weighted by Crippen LogP contribution is -2.21. The smallest absolute Gasteiger partial charge is 0.165 e. The largest absolute Gasteiger partial charge is 0.454 e. The maximum atomic E-state index is 14.1. The summed E-state index contributed by atoms with van der Waals surface area (Å²) in [5.74, 6) is 0.481. The molecule has 0 radical (unpaired) electrons. The van der Waals surface area contributed by atoms with Crippen LogP contribution in [0.2, 0.25) is 0 Å². The van der Waals surface area contributed by atoms with Gasteiger partial charge >= 0.3 is 0 Å². The van der Waals surface area contributed by atoms with E-state index in [0.717, 1.165) is 22.0 Å². The first kappa shape index (κ1) is 16.0. The first-order chi connectivity index (χ1) is 9.99. The molecule has 0 aromatic heterocycles. The minimum absolute atomic E-state index is 0.0605. The van der Waals surface area contributed by atoms with Crippen LogP contribution in [0.4, 0.5) is 4.39 Å². The molecule has 0 bridgehead atoms. The van der Waals surface area contributed by atoms with Crippen molar-refractivity contribution >= 4 is 15.9 Å². The van der Waals surface area contributed by atoms with Gasteiger partial charge < -0.3 is 10.5 Å². The summed E-state index contributed by atoms with van der Waals surface area (Å²) in [6.45, 7) is 3.98. The van der Waals surface area contributed by atoms with E-state index in [9.17, 15) is 4.39 Å². The highest BCUT2D eigenvalue weighted by Crippen LogP contribution is 2.28. The second-order valence-electron chi connectivity index (χ2n) is 5.15. The zero-order valence-electron chi connectivity index (χ0n) is 12.2. The van der Waals surface area contributed by atoms with Crippen LogP contribution in [0.5, 0.6) is 11.5 Å². The van der Waals surface area contributed by atoms with Crippen molar-refractivity contribution in [3.8, 4) is 11.5 Å². The van der Waals surface area contributed by atoms with Crippen LogP contribution >= 0.6 is 15.9 Å². The van der Waals surface area contributed by atoms with E-state index in [1.165, 1.54) is 6.07 Å². The van der Waals surface area contributed by atoms with Crippen molar-refractivity contribution in [1.29, 1.82) is 0 Å². The average Bonchev–Trinajstić information content (AvgIpc) is 2.45. The minimum atomic E-state index is -0.364. The standard InChI is InChI=1S/C17H19BrFNO/c1-3-13(20)9-12-4-7-17(16(19)10-12)21-14-5-6-15(18)11(2)8-14/h4-8,10,13H,3,9,20H2,1-2H3. The number of ether oxygens (including phenoxy) is 1. The van der Waals surface area contributed by atoms with Crippen LogP contribution in [-0.4, -0.2) is 6.04 Å². The molecule has 2 aromatic rings. The summed E-state index contributed by atoms with van der Waals surface area (Å²) >= 11 is 3.43. The molecule has 1 atom stereocenters. The fraction of sp³-hybridized carbons (Fsp3) is 0.294. The average molecular weight is 352 g/mol. The van der Waals surface area contributed by atoms with Crippen LogP contribution < -0.4 is 10.5 Å². The summed E-state index contributed by atoms with van der Waals surface area (Å²) in [4.78, 5) is 0. The molecule has 1 unspecified atom stereocenters. The van der Waals surface area contributed by atoms with Crippen molar-refractivity contribution in [2.75, 3.05) is 0 Å². The monoisotopic (exact) mass is 351 g/mol. The number of rotatable bonds is 5. The molecule has 0 aliphatic heterocycles. The Hall–Kier alpha value is -1.39. The molecule has 0 heterocycles. The molecule has 0 fully saturated rings. The van der Waals surface area contributed by atoms with Crippen LogP contribution in [0.15, 0.2) is 40.9 Å². The van der Waals surface area contributed by atoms with Gasteiger partial charge in [0.25, 0.3) is 0 Å². The normalized spacial score (nSPS) is 12.2. The second kappa shape index (κ2) is 7.05. The fourth-order valence-corrected chi connectivity index (χ4v) is 2.26. The molecule has 21 heavy (non-hydrogen) atoms. The van der Waals surface area contributed by atoms with Gasteiger partial charge in [-0.05, 0) is 61.2 Å². The van der Waals surface area contributed by atoms with Crippen molar-refractivity contribution in [2.24, 2.45) is 5.73 Å². The number of aryl methyl sites for hydroxylation is 1. The fourth-order valence-electron chi connectivity index (χ4n) is 2.01. The third kappa shape index (κ3) is 4.29. The molecular formula is C17H19BrFNO. The molecular weight excluding hydrogens is 333 g/mol. The lowest BCUT2D eigenvalue weighted by molar-refractivity contribution is 0.441. The Labute approximate surface area is 133 Å². The van der Waals surface area contributed by atoms with E-state index < -0.39 is 0 Å². The summed E-state index contributed by atoms with van der Waals surface area (Å²) < 4.78 is 20.7. The molecule has 2 rings (SSSR count). The van der Waals surface area contributed by atoms with Gasteiger partial charge in [-0.3, -0.25) is 0 Å².